The summed E-state index contributed by atoms with van der Waals surface area (Å²) in [6.45, 7) is 14.1. The van der Waals surface area contributed by atoms with E-state index in [1.165, 1.54) is 17.7 Å². The predicted molar refractivity (Wildman–Crippen MR) is 156 cm³/mol. The monoisotopic (exact) mass is 578 g/mol. The van der Waals surface area contributed by atoms with Crippen LogP contribution in [-0.4, -0.2) is 54.2 Å². The third kappa shape index (κ3) is 6.14. The largest absolute Gasteiger partial charge is 0.458 e. The molecule has 0 amide bonds. The van der Waals surface area contributed by atoms with Crippen LogP contribution in [0, 0.1) is 22.7 Å². The third-order valence-corrected chi connectivity index (χ3v) is 13.2. The maximum atomic E-state index is 12.6. The molecule has 7 atom stereocenters. The molecule has 0 radical (unpaired) electrons. The van der Waals surface area contributed by atoms with Gasteiger partial charge in [0.1, 0.15) is 6.61 Å². The highest BCUT2D eigenvalue weighted by atomic mass is 33.1. The van der Waals surface area contributed by atoms with Crippen LogP contribution >= 0.6 is 21.6 Å². The fraction of sp³-hybridized carbons (Fsp3) is 0.806. The van der Waals surface area contributed by atoms with E-state index < -0.39 is 11.9 Å². The molecule has 0 N–H and O–H groups in total. The highest BCUT2D eigenvalue weighted by Gasteiger charge is 2.60. The zero-order chi connectivity index (χ0) is 27.8. The Bertz CT molecular complexity index is 988. The minimum absolute atomic E-state index is 0.0383. The second kappa shape index (κ2) is 11.7. The molecule has 0 aromatic carbocycles. The molecule has 6 nitrogen and oxygen atoms in total. The molecule has 0 aromatic heterocycles. The minimum Gasteiger partial charge on any atom is -0.458 e. The molecule has 5 aliphatic rings. The summed E-state index contributed by atoms with van der Waals surface area (Å²) in [6.07, 6.45) is 11.1. The van der Waals surface area contributed by atoms with E-state index in [-0.39, 0.29) is 41.4 Å². The fourth-order valence-electron chi connectivity index (χ4n) is 7.94. The van der Waals surface area contributed by atoms with Gasteiger partial charge in [0.05, 0.1) is 18.3 Å². The molecule has 5 rings (SSSR count). The van der Waals surface area contributed by atoms with E-state index in [0.29, 0.717) is 30.9 Å². The maximum absolute atomic E-state index is 12.6. The maximum Gasteiger partial charge on any atom is 0.337 e. The number of esters is 2. The summed E-state index contributed by atoms with van der Waals surface area (Å²) in [5.74, 6) is 0.782. The van der Waals surface area contributed by atoms with Crippen LogP contribution in [0.3, 0.4) is 0 Å². The van der Waals surface area contributed by atoms with Gasteiger partial charge < -0.3 is 18.9 Å². The van der Waals surface area contributed by atoms with Crippen LogP contribution in [0.15, 0.2) is 23.8 Å². The van der Waals surface area contributed by atoms with E-state index in [1.54, 1.807) is 0 Å². The van der Waals surface area contributed by atoms with E-state index in [1.807, 2.05) is 41.5 Å². The molecular weight excluding hydrogens is 532 g/mol. The lowest BCUT2D eigenvalue weighted by atomic mass is 9.46. The zero-order valence-electron chi connectivity index (χ0n) is 24.1. The second-order valence-corrected chi connectivity index (χ2v) is 16.0. The van der Waals surface area contributed by atoms with Crippen molar-refractivity contribution in [3.63, 3.8) is 0 Å². The van der Waals surface area contributed by atoms with Gasteiger partial charge in [-0.25, -0.2) is 4.79 Å². The number of allylic oxidation sites excluding steroid dienone is 2. The third-order valence-electron chi connectivity index (χ3n) is 10.2. The number of hydrogen-bond acceptors (Lipinski definition) is 8. The quantitative estimate of drug-likeness (QED) is 0.1000. The number of fused-ring (bicyclic) bond motifs is 3. The van der Waals surface area contributed by atoms with E-state index in [2.05, 4.69) is 20.4 Å². The normalized spacial score (nSPS) is 40.7. The van der Waals surface area contributed by atoms with Crippen LogP contribution in [-0.2, 0) is 28.5 Å². The molecular formula is C31H46O6S2. The summed E-state index contributed by atoms with van der Waals surface area (Å²) < 4.78 is 23.7. The molecule has 0 spiro atoms. The average molecular weight is 579 g/mol. The van der Waals surface area contributed by atoms with Gasteiger partial charge in [-0.3, -0.25) is 4.79 Å². The summed E-state index contributed by atoms with van der Waals surface area (Å²) in [4.78, 5) is 25.2. The molecule has 0 bridgehead atoms. The van der Waals surface area contributed by atoms with Gasteiger partial charge >= 0.3 is 11.9 Å². The number of carbonyl (C=O) groups excluding carboxylic acids is 2. The van der Waals surface area contributed by atoms with Gasteiger partial charge in [-0.05, 0) is 82.5 Å². The molecule has 218 valence electrons. The molecule has 3 aliphatic heterocycles. The number of unbranched alkanes of at least 4 members (excludes halogenated alkanes) is 1. The van der Waals surface area contributed by atoms with Crippen LogP contribution in [0.25, 0.3) is 0 Å². The Balaban J connectivity index is 1.21. The van der Waals surface area contributed by atoms with Crippen molar-refractivity contribution in [1.29, 1.82) is 0 Å². The molecule has 3 heterocycles. The first kappa shape index (κ1) is 29.5. The van der Waals surface area contributed by atoms with Gasteiger partial charge in [0, 0.05) is 22.8 Å². The minimum atomic E-state index is -0.608. The summed E-state index contributed by atoms with van der Waals surface area (Å²) in [6, 6.07) is 0. The van der Waals surface area contributed by atoms with Gasteiger partial charge in [0.2, 0.25) is 0 Å². The van der Waals surface area contributed by atoms with Crippen molar-refractivity contribution in [2.24, 2.45) is 22.7 Å². The Labute approximate surface area is 242 Å². The highest BCUT2D eigenvalue weighted by molar-refractivity contribution is 8.77. The summed E-state index contributed by atoms with van der Waals surface area (Å²) in [5.41, 5.74) is 1.74. The zero-order valence-corrected chi connectivity index (χ0v) is 25.8. The first-order chi connectivity index (χ1) is 18.5. The first-order valence-corrected chi connectivity index (χ1v) is 17.2. The van der Waals surface area contributed by atoms with Crippen LogP contribution in [0.4, 0.5) is 0 Å². The molecule has 39 heavy (non-hydrogen) atoms. The molecule has 0 aromatic rings. The summed E-state index contributed by atoms with van der Waals surface area (Å²) in [5, 5.41) is 0.722. The summed E-state index contributed by atoms with van der Waals surface area (Å²) >= 11 is 0. The van der Waals surface area contributed by atoms with Crippen LogP contribution in [0.2, 0.25) is 0 Å². The fourth-order valence-corrected chi connectivity index (χ4v) is 11.0. The van der Waals surface area contributed by atoms with Crippen molar-refractivity contribution in [3.8, 4) is 0 Å². The Morgan fingerprint density at radius 2 is 1.97 bits per heavy atom. The van der Waals surface area contributed by atoms with Crippen molar-refractivity contribution >= 4 is 33.5 Å². The van der Waals surface area contributed by atoms with Crippen molar-refractivity contribution in [3.05, 3.63) is 23.8 Å². The molecule has 2 unspecified atom stereocenters. The smallest absolute Gasteiger partial charge is 0.337 e. The van der Waals surface area contributed by atoms with Gasteiger partial charge in [0.25, 0.3) is 0 Å². The summed E-state index contributed by atoms with van der Waals surface area (Å²) in [7, 11) is 3.93. The van der Waals surface area contributed by atoms with Crippen molar-refractivity contribution in [2.75, 3.05) is 19.0 Å². The van der Waals surface area contributed by atoms with Crippen molar-refractivity contribution < 1.29 is 28.5 Å². The van der Waals surface area contributed by atoms with E-state index >= 15 is 0 Å². The van der Waals surface area contributed by atoms with Gasteiger partial charge in [-0.15, -0.1) is 0 Å². The van der Waals surface area contributed by atoms with E-state index in [9.17, 15) is 9.59 Å². The number of carbonyl (C=O) groups is 2. The van der Waals surface area contributed by atoms with E-state index in [4.69, 9.17) is 18.9 Å². The highest BCUT2D eigenvalue weighted by Crippen LogP contribution is 2.63. The van der Waals surface area contributed by atoms with Gasteiger partial charge in [0.15, 0.2) is 11.9 Å². The van der Waals surface area contributed by atoms with Crippen LogP contribution < -0.4 is 0 Å². The first-order valence-electron chi connectivity index (χ1n) is 14.9. The number of rotatable bonds is 8. The lowest BCUT2D eigenvalue weighted by molar-refractivity contribution is -0.344. The van der Waals surface area contributed by atoms with Crippen LogP contribution in [0.5, 0.6) is 0 Å². The number of cyclic esters (lactones) is 1. The van der Waals surface area contributed by atoms with Gasteiger partial charge in [-0.1, -0.05) is 60.1 Å². The van der Waals surface area contributed by atoms with Crippen LogP contribution in [0.1, 0.15) is 91.9 Å². The van der Waals surface area contributed by atoms with Crippen molar-refractivity contribution in [1.82, 2.24) is 0 Å². The lowest BCUT2D eigenvalue weighted by Crippen LogP contribution is -2.62. The molecule has 2 aliphatic carbocycles. The topological polar surface area (TPSA) is 71.1 Å². The Morgan fingerprint density at radius 1 is 1.15 bits per heavy atom. The molecule has 8 heteroatoms. The Hall–Kier alpha value is -0.960. The predicted octanol–water partition coefficient (Wildman–Crippen LogP) is 7.03. The molecule has 5 fully saturated rings. The lowest BCUT2D eigenvalue weighted by Gasteiger charge is -2.63. The average Bonchev–Trinajstić information content (AvgIpc) is 3.52. The van der Waals surface area contributed by atoms with Crippen molar-refractivity contribution in [2.45, 2.75) is 115 Å². The Kier molecular flexibility index (Phi) is 8.88. The number of ether oxygens (including phenoxy) is 4. The standard InChI is InChI=1S/C31H46O6S2/c1-20-10-13-25-30(4,16-14-26-31(25,5)19-35-29(2,3)37-26)23(20)12-11-22-24(18-34-28(22)33)36-27(32)9-7-6-8-21-15-17-38-39-21/h11,21,23-26H,1,6-10,12-19H2,2-5H3/t21?,23-,24-,25?,26-,30+,31+/m1/s1. The SMILES string of the molecule is C=C1CCC2[C@]3(C)COC(C)(C)O[C@@H]3CC[C@@]2(C)[C@@H]1CC=C1C(=O)OC[C@H]1OC(=O)CCCCC1CCSS1. The van der Waals surface area contributed by atoms with Gasteiger partial charge in [-0.2, -0.15) is 0 Å². The van der Waals surface area contributed by atoms with E-state index in [0.717, 1.165) is 50.2 Å². The number of hydrogen-bond donors (Lipinski definition) is 0. The molecule has 2 saturated carbocycles. The molecule has 3 saturated heterocycles. The second-order valence-electron chi connectivity index (χ2n) is 13.2. The Morgan fingerprint density at radius 3 is 2.74 bits per heavy atom.